The molecule has 0 fully saturated rings. The molecule has 0 bridgehead atoms. The van der Waals surface area contributed by atoms with Crippen LogP contribution in [0.4, 0.5) is 5.69 Å². The molecule has 2 aromatic rings. The minimum Gasteiger partial charge on any atom is -0.495 e. The van der Waals surface area contributed by atoms with Crippen molar-refractivity contribution < 1.29 is 23.7 Å². The maximum Gasteiger partial charge on any atom is 0.269 e. The van der Waals surface area contributed by atoms with Crippen LogP contribution in [0.15, 0.2) is 36.4 Å². The van der Waals surface area contributed by atoms with Gasteiger partial charge < -0.3 is 24.3 Å². The molecule has 1 aliphatic rings. The zero-order valence-electron chi connectivity index (χ0n) is 13.2. The van der Waals surface area contributed by atoms with E-state index in [-0.39, 0.29) is 12.5 Å². The number of hydrogen-bond acceptors (Lipinski definition) is 5. The number of halogens is 1. The van der Waals surface area contributed by atoms with Crippen molar-refractivity contribution in [1.29, 1.82) is 0 Å². The van der Waals surface area contributed by atoms with E-state index in [1.54, 1.807) is 24.3 Å². The SMILES string of the molecule is COc1cc(NC(=O)[C@H]2COc3ccccc3O2)c(OC)cc1Cl. The number of rotatable bonds is 4. The van der Waals surface area contributed by atoms with Gasteiger partial charge >= 0.3 is 0 Å². The molecular formula is C17H16ClNO5. The van der Waals surface area contributed by atoms with Crippen LogP contribution < -0.4 is 24.3 Å². The fourth-order valence-electron chi connectivity index (χ4n) is 2.32. The number of fused-ring (bicyclic) bond motifs is 1. The summed E-state index contributed by atoms with van der Waals surface area (Å²) in [5.41, 5.74) is 0.436. The Hall–Kier alpha value is -2.60. The fourth-order valence-corrected chi connectivity index (χ4v) is 2.55. The number of carbonyl (C=O) groups excluding carboxylic acids is 1. The standard InChI is InChI=1S/C17H16ClNO5/c1-21-14-8-11(15(22-2)7-10(14)18)19-17(20)16-9-23-12-5-3-4-6-13(12)24-16/h3-8,16H,9H2,1-2H3,(H,19,20)/t16-/m1/s1. The van der Waals surface area contributed by atoms with Crippen molar-refractivity contribution in [3.8, 4) is 23.0 Å². The first kappa shape index (κ1) is 16.3. The molecular weight excluding hydrogens is 334 g/mol. The summed E-state index contributed by atoms with van der Waals surface area (Å²) >= 11 is 6.06. The third-order valence-corrected chi connectivity index (χ3v) is 3.83. The van der Waals surface area contributed by atoms with E-state index in [2.05, 4.69) is 5.32 Å². The van der Waals surface area contributed by atoms with Crippen LogP contribution in [-0.4, -0.2) is 32.8 Å². The smallest absolute Gasteiger partial charge is 0.269 e. The molecule has 1 amide bonds. The normalized spacial score (nSPS) is 15.5. The van der Waals surface area contributed by atoms with Gasteiger partial charge in [0.05, 0.1) is 24.9 Å². The average Bonchev–Trinajstić information content (AvgIpc) is 2.62. The van der Waals surface area contributed by atoms with Crippen molar-refractivity contribution in [3.05, 3.63) is 41.4 Å². The van der Waals surface area contributed by atoms with Gasteiger partial charge in [0.15, 0.2) is 11.5 Å². The lowest BCUT2D eigenvalue weighted by atomic mass is 10.2. The van der Waals surface area contributed by atoms with Gasteiger partial charge in [-0.05, 0) is 12.1 Å². The summed E-state index contributed by atoms with van der Waals surface area (Å²) in [5, 5.41) is 3.14. The van der Waals surface area contributed by atoms with Crippen LogP contribution in [0.3, 0.4) is 0 Å². The number of ether oxygens (including phenoxy) is 4. The summed E-state index contributed by atoms with van der Waals surface area (Å²) in [6, 6.07) is 10.4. The van der Waals surface area contributed by atoms with E-state index in [1.807, 2.05) is 12.1 Å². The first-order valence-corrected chi connectivity index (χ1v) is 7.61. The summed E-state index contributed by atoms with van der Waals surface area (Å²) in [7, 11) is 2.98. The van der Waals surface area contributed by atoms with Crippen molar-refractivity contribution in [2.24, 2.45) is 0 Å². The molecule has 1 N–H and O–H groups in total. The summed E-state index contributed by atoms with van der Waals surface area (Å²) in [5.74, 6) is 1.65. The molecule has 6 nitrogen and oxygen atoms in total. The van der Waals surface area contributed by atoms with E-state index in [9.17, 15) is 4.79 Å². The van der Waals surface area contributed by atoms with Gasteiger partial charge in [-0.1, -0.05) is 23.7 Å². The van der Waals surface area contributed by atoms with Crippen LogP contribution in [-0.2, 0) is 4.79 Å². The van der Waals surface area contributed by atoms with Gasteiger partial charge in [0.25, 0.3) is 5.91 Å². The molecule has 0 saturated heterocycles. The number of anilines is 1. The lowest BCUT2D eigenvalue weighted by Gasteiger charge is -2.25. The van der Waals surface area contributed by atoms with Gasteiger partial charge in [-0.2, -0.15) is 0 Å². The van der Waals surface area contributed by atoms with Gasteiger partial charge in [-0.15, -0.1) is 0 Å². The molecule has 3 rings (SSSR count). The van der Waals surface area contributed by atoms with Crippen LogP contribution in [0, 0.1) is 0 Å². The highest BCUT2D eigenvalue weighted by Gasteiger charge is 2.28. The van der Waals surface area contributed by atoms with E-state index in [1.165, 1.54) is 14.2 Å². The fraction of sp³-hybridized carbons (Fsp3) is 0.235. The number of para-hydroxylation sites is 2. The second kappa shape index (κ2) is 6.88. The molecule has 0 saturated carbocycles. The van der Waals surface area contributed by atoms with Gasteiger partial charge in [-0.25, -0.2) is 0 Å². The molecule has 1 heterocycles. The third-order valence-electron chi connectivity index (χ3n) is 3.53. The maximum atomic E-state index is 12.5. The van der Waals surface area contributed by atoms with E-state index < -0.39 is 6.10 Å². The first-order chi connectivity index (χ1) is 11.6. The molecule has 126 valence electrons. The van der Waals surface area contributed by atoms with Crippen LogP contribution in [0.5, 0.6) is 23.0 Å². The van der Waals surface area contributed by atoms with E-state index in [4.69, 9.17) is 30.5 Å². The van der Waals surface area contributed by atoms with Crippen LogP contribution in [0.2, 0.25) is 5.02 Å². The molecule has 1 aliphatic heterocycles. The van der Waals surface area contributed by atoms with Gasteiger partial charge in [0.1, 0.15) is 18.1 Å². The molecule has 24 heavy (non-hydrogen) atoms. The molecule has 2 aromatic carbocycles. The van der Waals surface area contributed by atoms with Crippen LogP contribution in [0.1, 0.15) is 0 Å². The van der Waals surface area contributed by atoms with E-state index in [0.717, 1.165) is 0 Å². The Morgan fingerprint density at radius 2 is 1.88 bits per heavy atom. The van der Waals surface area contributed by atoms with Crippen molar-refractivity contribution in [3.63, 3.8) is 0 Å². The Balaban J connectivity index is 1.78. The Morgan fingerprint density at radius 1 is 1.17 bits per heavy atom. The van der Waals surface area contributed by atoms with E-state index in [0.29, 0.717) is 33.7 Å². The van der Waals surface area contributed by atoms with Crippen LogP contribution in [0.25, 0.3) is 0 Å². The average molecular weight is 350 g/mol. The summed E-state index contributed by atoms with van der Waals surface area (Å²) in [6.07, 6.45) is -0.772. The maximum absolute atomic E-state index is 12.5. The van der Waals surface area contributed by atoms with Gasteiger partial charge in [-0.3, -0.25) is 4.79 Å². The topological polar surface area (TPSA) is 66.0 Å². The number of amides is 1. The molecule has 0 unspecified atom stereocenters. The van der Waals surface area contributed by atoms with Crippen LogP contribution >= 0.6 is 11.6 Å². The minimum absolute atomic E-state index is 0.121. The van der Waals surface area contributed by atoms with Crippen molar-refractivity contribution >= 4 is 23.2 Å². The van der Waals surface area contributed by atoms with Crippen molar-refractivity contribution in [1.82, 2.24) is 0 Å². The zero-order valence-corrected chi connectivity index (χ0v) is 13.9. The largest absolute Gasteiger partial charge is 0.495 e. The molecule has 0 aromatic heterocycles. The van der Waals surface area contributed by atoms with Gasteiger partial charge in [0.2, 0.25) is 6.10 Å². The molecule has 0 aliphatic carbocycles. The molecule has 0 radical (unpaired) electrons. The highest BCUT2D eigenvalue weighted by molar-refractivity contribution is 6.32. The number of methoxy groups -OCH3 is 2. The Morgan fingerprint density at radius 3 is 2.58 bits per heavy atom. The second-order valence-corrected chi connectivity index (χ2v) is 5.45. The first-order valence-electron chi connectivity index (χ1n) is 7.23. The second-order valence-electron chi connectivity index (χ2n) is 5.04. The molecule has 7 heteroatoms. The minimum atomic E-state index is -0.772. The highest BCUT2D eigenvalue weighted by atomic mass is 35.5. The lowest BCUT2D eigenvalue weighted by molar-refractivity contribution is -0.125. The Bertz CT molecular complexity index is 765. The lowest BCUT2D eigenvalue weighted by Crippen LogP contribution is -2.40. The van der Waals surface area contributed by atoms with Gasteiger partial charge in [0, 0.05) is 12.1 Å². The summed E-state index contributed by atoms with van der Waals surface area (Å²) in [6.45, 7) is 0.121. The number of hydrogen-bond donors (Lipinski definition) is 1. The van der Waals surface area contributed by atoms with E-state index >= 15 is 0 Å². The van der Waals surface area contributed by atoms with Crippen molar-refractivity contribution in [2.45, 2.75) is 6.10 Å². The number of nitrogens with one attached hydrogen (secondary N) is 1. The third kappa shape index (κ3) is 3.19. The predicted molar refractivity (Wildman–Crippen MR) is 89.5 cm³/mol. The summed E-state index contributed by atoms with van der Waals surface area (Å²) in [4.78, 5) is 12.5. The highest BCUT2D eigenvalue weighted by Crippen LogP contribution is 2.36. The Labute approximate surface area is 144 Å². The number of benzene rings is 2. The number of carbonyl (C=O) groups is 1. The molecule has 0 spiro atoms. The van der Waals surface area contributed by atoms with Crippen molar-refractivity contribution in [2.75, 3.05) is 26.1 Å². The monoisotopic (exact) mass is 349 g/mol. The Kier molecular flexibility index (Phi) is 4.66. The summed E-state index contributed by atoms with van der Waals surface area (Å²) < 4.78 is 21.6. The molecule has 1 atom stereocenters. The zero-order chi connectivity index (χ0) is 17.1. The quantitative estimate of drug-likeness (QED) is 0.918. The predicted octanol–water partition coefficient (Wildman–Crippen LogP) is 3.14.